The van der Waals surface area contributed by atoms with Gasteiger partial charge in [-0.1, -0.05) is 40.2 Å². The van der Waals surface area contributed by atoms with Crippen LogP contribution < -0.4 is 15.7 Å². The molecule has 0 heterocycles. The van der Waals surface area contributed by atoms with E-state index in [1.165, 1.54) is 0 Å². The molecule has 0 spiro atoms. The molecule has 0 aromatic heterocycles. The molecule has 2 aromatic carbocycles. The minimum absolute atomic E-state index is 0.0275. The summed E-state index contributed by atoms with van der Waals surface area (Å²) < 4.78 is 17.3. The van der Waals surface area contributed by atoms with Crippen LogP contribution in [-0.2, 0) is 4.57 Å². The van der Waals surface area contributed by atoms with Gasteiger partial charge in [-0.2, -0.15) is 5.10 Å². The highest BCUT2D eigenvalue weighted by Crippen LogP contribution is 2.50. The third-order valence-electron chi connectivity index (χ3n) is 2.72. The molecule has 2 unspecified atom stereocenters. The zero-order valence-electron chi connectivity index (χ0n) is 12.2. The van der Waals surface area contributed by atoms with Crippen molar-refractivity contribution in [2.45, 2.75) is 0 Å². The van der Waals surface area contributed by atoms with Gasteiger partial charge < -0.3 is 15.2 Å². The molecule has 0 saturated carbocycles. The summed E-state index contributed by atoms with van der Waals surface area (Å²) in [6.07, 6.45) is 0. The van der Waals surface area contributed by atoms with Crippen LogP contribution in [0.15, 0.2) is 58.1 Å². The van der Waals surface area contributed by atoms with E-state index in [1.54, 1.807) is 33.2 Å². The molecular weight excluding hydrogens is 432 g/mol. The lowest BCUT2D eigenvalue weighted by atomic mass is 10.0. The fourth-order valence-corrected chi connectivity index (χ4v) is 3.12. The molecule has 0 bridgehead atoms. The van der Waals surface area contributed by atoms with Crippen molar-refractivity contribution in [2.75, 3.05) is 0 Å². The SMILES string of the molecule is NC(=S)N/N=C(/c1cccc(Br)c1)c1cccc(OP(=O)(O)P)c1. The van der Waals surface area contributed by atoms with E-state index in [-0.39, 0.29) is 10.9 Å². The molecule has 0 radical (unpaired) electrons. The summed E-state index contributed by atoms with van der Waals surface area (Å²) in [6.45, 7) is 0. The van der Waals surface area contributed by atoms with Gasteiger partial charge in [0.2, 0.25) is 0 Å². The molecule has 2 atom stereocenters. The number of hydrogen-bond acceptors (Lipinski definition) is 4. The fraction of sp³-hybridized carbons (Fsp3) is 0. The van der Waals surface area contributed by atoms with Crippen LogP contribution in [0.4, 0.5) is 0 Å². The van der Waals surface area contributed by atoms with Crippen LogP contribution in [0.1, 0.15) is 11.1 Å². The van der Waals surface area contributed by atoms with Crippen LogP contribution in [0.2, 0.25) is 0 Å². The first-order chi connectivity index (χ1) is 11.2. The Balaban J connectivity index is 2.48. The van der Waals surface area contributed by atoms with Crippen molar-refractivity contribution in [3.8, 4) is 5.75 Å². The van der Waals surface area contributed by atoms with Gasteiger partial charge in [-0.05, 0) is 45.4 Å². The molecule has 126 valence electrons. The summed E-state index contributed by atoms with van der Waals surface area (Å²) in [5, 5.41) is 4.26. The topological polar surface area (TPSA) is 96.9 Å². The standard InChI is InChI=1S/C14H14BrN3O3P2S/c15-11-5-1-3-9(7-11)13(17-18-14(16)24)10-4-2-6-12(8-10)21-23(19,20)22/h1-8H,22H2,(H,19,20)(H3,16,18,24)/b17-13-. The molecule has 0 aliphatic carbocycles. The Labute approximate surface area is 155 Å². The third-order valence-corrected chi connectivity index (χ3v) is 4.09. The molecule has 10 heteroatoms. The second kappa shape index (κ2) is 8.19. The lowest BCUT2D eigenvalue weighted by molar-refractivity contribution is 0.402. The van der Waals surface area contributed by atoms with Gasteiger partial charge in [-0.25, -0.2) is 4.57 Å². The average molecular weight is 446 g/mol. The highest BCUT2D eigenvalue weighted by Gasteiger charge is 2.14. The average Bonchev–Trinajstić information content (AvgIpc) is 2.46. The fourth-order valence-electron chi connectivity index (χ4n) is 1.89. The van der Waals surface area contributed by atoms with Crippen molar-refractivity contribution in [1.82, 2.24) is 5.43 Å². The van der Waals surface area contributed by atoms with Crippen LogP contribution >= 0.6 is 44.4 Å². The van der Waals surface area contributed by atoms with Gasteiger partial charge >= 0.3 is 7.28 Å². The maximum Gasteiger partial charge on any atom is 0.389 e. The van der Waals surface area contributed by atoms with E-state index in [2.05, 4.69) is 26.5 Å². The summed E-state index contributed by atoms with van der Waals surface area (Å²) in [5.41, 5.74) is 10.0. The van der Waals surface area contributed by atoms with Crippen molar-refractivity contribution in [3.05, 3.63) is 64.1 Å². The Morgan fingerprint density at radius 3 is 2.50 bits per heavy atom. The molecule has 0 saturated heterocycles. The summed E-state index contributed by atoms with van der Waals surface area (Å²) in [6, 6.07) is 14.2. The number of hydrogen-bond donors (Lipinski definition) is 3. The molecule has 0 aliphatic heterocycles. The summed E-state index contributed by atoms with van der Waals surface area (Å²) in [4.78, 5) is 9.34. The number of thiocarbonyl (C=S) groups is 1. The van der Waals surface area contributed by atoms with E-state index in [0.717, 1.165) is 10.0 Å². The number of halogens is 1. The Bertz CT molecular complexity index is 842. The Morgan fingerprint density at radius 1 is 1.29 bits per heavy atom. The Hall–Kier alpha value is -1.30. The number of hydrazone groups is 1. The monoisotopic (exact) mass is 445 g/mol. The third kappa shape index (κ3) is 5.96. The number of benzene rings is 2. The maximum absolute atomic E-state index is 11.4. The second-order valence-corrected chi connectivity index (χ2v) is 9.25. The molecular formula is C14H14BrN3O3P2S. The van der Waals surface area contributed by atoms with Gasteiger partial charge in [0.15, 0.2) is 5.11 Å². The molecule has 4 N–H and O–H groups in total. The van der Waals surface area contributed by atoms with Crippen LogP contribution in [0.3, 0.4) is 0 Å². The van der Waals surface area contributed by atoms with Gasteiger partial charge in [-0.3, -0.25) is 5.43 Å². The number of nitrogens with one attached hydrogen (secondary N) is 1. The minimum Gasteiger partial charge on any atom is -0.422 e. The Morgan fingerprint density at radius 2 is 1.92 bits per heavy atom. The zero-order chi connectivity index (χ0) is 17.7. The Kier molecular flexibility index (Phi) is 6.49. The number of nitrogens with two attached hydrogens (primary N) is 1. The lowest BCUT2D eigenvalue weighted by Gasteiger charge is -2.12. The smallest absolute Gasteiger partial charge is 0.389 e. The molecule has 0 aliphatic rings. The van der Waals surface area contributed by atoms with Crippen LogP contribution in [0.25, 0.3) is 0 Å². The highest BCUT2D eigenvalue weighted by molar-refractivity contribution is 9.10. The van der Waals surface area contributed by atoms with Gasteiger partial charge in [0.25, 0.3) is 0 Å². The summed E-state index contributed by atoms with van der Waals surface area (Å²) in [5.74, 6) is 0.242. The van der Waals surface area contributed by atoms with E-state index >= 15 is 0 Å². The predicted octanol–water partition coefficient (Wildman–Crippen LogP) is 3.39. The number of nitrogens with zero attached hydrogens (tertiary/aromatic N) is 1. The lowest BCUT2D eigenvalue weighted by Crippen LogP contribution is -2.26. The molecule has 24 heavy (non-hydrogen) atoms. The number of rotatable bonds is 5. The van der Waals surface area contributed by atoms with Gasteiger partial charge in [0.1, 0.15) is 5.75 Å². The second-order valence-electron chi connectivity index (χ2n) is 4.63. The minimum atomic E-state index is -3.74. The van der Waals surface area contributed by atoms with Crippen molar-refractivity contribution < 1.29 is 14.0 Å². The van der Waals surface area contributed by atoms with Gasteiger partial charge in [0, 0.05) is 15.6 Å². The molecule has 0 amide bonds. The summed E-state index contributed by atoms with van der Waals surface area (Å²) in [7, 11) is -1.96. The molecule has 2 aromatic rings. The van der Waals surface area contributed by atoms with E-state index < -0.39 is 7.28 Å². The zero-order valence-corrected chi connectivity index (χ0v) is 16.7. The van der Waals surface area contributed by atoms with E-state index in [4.69, 9.17) is 22.5 Å². The normalized spacial score (nSPS) is 13.9. The van der Waals surface area contributed by atoms with Crippen molar-refractivity contribution in [3.63, 3.8) is 0 Å². The van der Waals surface area contributed by atoms with Gasteiger partial charge in [-0.15, -0.1) is 0 Å². The van der Waals surface area contributed by atoms with Crippen molar-refractivity contribution in [2.24, 2.45) is 10.8 Å². The van der Waals surface area contributed by atoms with Gasteiger partial charge in [0.05, 0.1) is 5.71 Å². The maximum atomic E-state index is 11.4. The largest absolute Gasteiger partial charge is 0.422 e. The van der Waals surface area contributed by atoms with Crippen LogP contribution in [0, 0.1) is 0 Å². The molecule has 0 fully saturated rings. The quantitative estimate of drug-likeness (QED) is 0.282. The first-order valence-corrected chi connectivity index (χ1v) is 10.9. The first-order valence-electron chi connectivity index (χ1n) is 6.55. The van der Waals surface area contributed by atoms with Crippen LogP contribution in [0.5, 0.6) is 5.75 Å². The highest BCUT2D eigenvalue weighted by atomic mass is 79.9. The van der Waals surface area contributed by atoms with Crippen molar-refractivity contribution in [1.29, 1.82) is 0 Å². The first kappa shape index (κ1) is 19.0. The van der Waals surface area contributed by atoms with E-state index in [0.29, 0.717) is 11.3 Å². The van der Waals surface area contributed by atoms with Crippen LogP contribution in [-0.4, -0.2) is 15.7 Å². The van der Waals surface area contributed by atoms with Crippen molar-refractivity contribution >= 4 is 55.2 Å². The predicted molar refractivity (Wildman–Crippen MR) is 106 cm³/mol. The molecule has 6 nitrogen and oxygen atoms in total. The summed E-state index contributed by atoms with van der Waals surface area (Å²) >= 11 is 8.20. The van der Waals surface area contributed by atoms with E-state index in [1.807, 2.05) is 24.3 Å². The van der Waals surface area contributed by atoms with E-state index in [9.17, 15) is 9.46 Å². The molecule has 2 rings (SSSR count).